The summed E-state index contributed by atoms with van der Waals surface area (Å²) in [7, 11) is 0. The van der Waals surface area contributed by atoms with Gasteiger partial charge in [0.15, 0.2) is 0 Å². The highest BCUT2D eigenvalue weighted by Crippen LogP contribution is 2.52. The van der Waals surface area contributed by atoms with Crippen LogP contribution >= 0.6 is 11.8 Å². The fourth-order valence-electron chi connectivity index (χ4n) is 4.75. The maximum Gasteiger partial charge on any atom is 0.303 e. The molecule has 0 radical (unpaired) electrons. The summed E-state index contributed by atoms with van der Waals surface area (Å²) in [4.78, 5) is 12.1. The van der Waals surface area contributed by atoms with Gasteiger partial charge in [0.25, 0.3) is 0 Å². The first-order chi connectivity index (χ1) is 14.4. The average molecular weight is 425 g/mol. The second-order valence-corrected chi connectivity index (χ2v) is 10.2. The van der Waals surface area contributed by atoms with E-state index in [1.54, 1.807) is 0 Å². The van der Waals surface area contributed by atoms with Gasteiger partial charge in [-0.05, 0) is 49.8 Å². The van der Waals surface area contributed by atoms with Gasteiger partial charge in [0.1, 0.15) is 0 Å². The Balaban J connectivity index is 1.67. The standard InChI is InChI=1S/C27H36O2S/c1-20-12-15-22(16-13-20)27(3)19-30-25-18-21(2)14-17-23(25)24(27)10-8-6-4-5-7-9-11-26(28)29/h12-18,24H,4-11,19H2,1-3H3,(H,28,29). The number of rotatable bonds is 10. The summed E-state index contributed by atoms with van der Waals surface area (Å²) in [6.07, 6.45) is 8.22. The van der Waals surface area contributed by atoms with Crippen LogP contribution < -0.4 is 0 Å². The summed E-state index contributed by atoms with van der Waals surface area (Å²) < 4.78 is 0. The molecule has 0 spiro atoms. The summed E-state index contributed by atoms with van der Waals surface area (Å²) in [5, 5.41) is 8.75. The van der Waals surface area contributed by atoms with Crippen LogP contribution in [0.1, 0.15) is 86.5 Å². The SMILES string of the molecule is Cc1ccc(C2(C)CSc3cc(C)ccc3C2CCCCCCCCC(=O)O)cc1. The lowest BCUT2D eigenvalue weighted by Crippen LogP contribution is -2.36. The van der Waals surface area contributed by atoms with Crippen LogP contribution in [0, 0.1) is 13.8 Å². The molecule has 1 aliphatic heterocycles. The highest BCUT2D eigenvalue weighted by Gasteiger charge is 2.40. The fraction of sp³-hybridized carbons (Fsp3) is 0.519. The lowest BCUT2D eigenvalue weighted by atomic mass is 9.67. The predicted octanol–water partition coefficient (Wildman–Crippen LogP) is 7.66. The van der Waals surface area contributed by atoms with Gasteiger partial charge >= 0.3 is 5.97 Å². The van der Waals surface area contributed by atoms with Gasteiger partial charge in [-0.1, -0.05) is 86.6 Å². The Morgan fingerprint density at radius 1 is 0.967 bits per heavy atom. The zero-order valence-electron chi connectivity index (χ0n) is 18.7. The first-order valence-electron chi connectivity index (χ1n) is 11.4. The van der Waals surface area contributed by atoms with E-state index in [0.29, 0.717) is 12.3 Å². The summed E-state index contributed by atoms with van der Waals surface area (Å²) >= 11 is 2.02. The number of hydrogen-bond acceptors (Lipinski definition) is 2. The topological polar surface area (TPSA) is 37.3 Å². The number of hydrogen-bond donors (Lipinski definition) is 1. The number of unbranched alkanes of at least 4 members (excludes halogenated alkanes) is 5. The Kier molecular flexibility index (Phi) is 8.05. The lowest BCUT2D eigenvalue weighted by Gasteiger charge is -2.43. The number of carboxylic acids is 1. The molecule has 2 aromatic rings. The third-order valence-corrected chi connectivity index (χ3v) is 8.09. The minimum atomic E-state index is -0.672. The van der Waals surface area contributed by atoms with E-state index >= 15 is 0 Å². The molecule has 1 N–H and O–H groups in total. The highest BCUT2D eigenvalue weighted by molar-refractivity contribution is 7.99. The van der Waals surface area contributed by atoms with Crippen LogP contribution in [-0.2, 0) is 10.2 Å². The Morgan fingerprint density at radius 2 is 1.60 bits per heavy atom. The van der Waals surface area contributed by atoms with Crippen molar-refractivity contribution in [3.05, 3.63) is 64.7 Å². The van der Waals surface area contributed by atoms with Crippen molar-refractivity contribution >= 4 is 17.7 Å². The number of carboxylic acid groups (broad SMARTS) is 1. The van der Waals surface area contributed by atoms with Crippen LogP contribution in [-0.4, -0.2) is 16.8 Å². The first kappa shape index (κ1) is 22.9. The molecule has 3 rings (SSSR count). The molecule has 0 fully saturated rings. The van der Waals surface area contributed by atoms with Gasteiger partial charge in [-0.3, -0.25) is 4.79 Å². The largest absolute Gasteiger partial charge is 0.481 e. The van der Waals surface area contributed by atoms with Crippen molar-refractivity contribution in [2.75, 3.05) is 5.75 Å². The van der Waals surface area contributed by atoms with E-state index in [4.69, 9.17) is 5.11 Å². The Labute approximate surface area is 186 Å². The average Bonchev–Trinajstić information content (AvgIpc) is 2.71. The molecule has 0 saturated carbocycles. The van der Waals surface area contributed by atoms with E-state index in [0.717, 1.165) is 25.0 Å². The minimum Gasteiger partial charge on any atom is -0.481 e. The van der Waals surface area contributed by atoms with Gasteiger partial charge in [-0.15, -0.1) is 11.8 Å². The van der Waals surface area contributed by atoms with Gasteiger partial charge in [0.2, 0.25) is 0 Å². The maximum absolute atomic E-state index is 10.6. The van der Waals surface area contributed by atoms with Crippen molar-refractivity contribution in [3.8, 4) is 0 Å². The zero-order valence-corrected chi connectivity index (χ0v) is 19.6. The smallest absolute Gasteiger partial charge is 0.303 e. The Morgan fingerprint density at radius 3 is 2.30 bits per heavy atom. The van der Waals surface area contributed by atoms with Crippen molar-refractivity contribution in [2.45, 2.75) is 88.4 Å². The van der Waals surface area contributed by atoms with Crippen molar-refractivity contribution in [3.63, 3.8) is 0 Å². The third kappa shape index (κ3) is 5.69. The molecule has 162 valence electrons. The van der Waals surface area contributed by atoms with E-state index in [1.807, 2.05) is 11.8 Å². The summed E-state index contributed by atoms with van der Waals surface area (Å²) in [6, 6.07) is 16.2. The van der Waals surface area contributed by atoms with Crippen LogP contribution in [0.25, 0.3) is 0 Å². The molecule has 2 nitrogen and oxygen atoms in total. The molecular formula is C27H36O2S. The third-order valence-electron chi connectivity index (χ3n) is 6.69. The quantitative estimate of drug-likeness (QED) is 0.398. The predicted molar refractivity (Wildman–Crippen MR) is 128 cm³/mol. The second-order valence-electron chi connectivity index (χ2n) is 9.22. The maximum atomic E-state index is 10.6. The number of aryl methyl sites for hydroxylation is 2. The van der Waals surface area contributed by atoms with Gasteiger partial charge in [-0.25, -0.2) is 0 Å². The Bertz CT molecular complexity index is 842. The molecule has 1 aliphatic rings. The van der Waals surface area contributed by atoms with Crippen molar-refractivity contribution < 1.29 is 9.90 Å². The summed E-state index contributed by atoms with van der Waals surface area (Å²) in [5.74, 6) is 1.00. The van der Waals surface area contributed by atoms with Crippen LogP contribution in [0.5, 0.6) is 0 Å². The van der Waals surface area contributed by atoms with Crippen molar-refractivity contribution in [1.29, 1.82) is 0 Å². The number of aliphatic carboxylic acids is 1. The molecular weight excluding hydrogens is 388 g/mol. The number of carbonyl (C=O) groups is 1. The van der Waals surface area contributed by atoms with Crippen LogP contribution in [0.3, 0.4) is 0 Å². The van der Waals surface area contributed by atoms with Crippen molar-refractivity contribution in [1.82, 2.24) is 0 Å². The van der Waals surface area contributed by atoms with Crippen LogP contribution in [0.15, 0.2) is 47.4 Å². The minimum absolute atomic E-state index is 0.155. The van der Waals surface area contributed by atoms with E-state index in [-0.39, 0.29) is 5.41 Å². The van der Waals surface area contributed by atoms with Crippen LogP contribution in [0.4, 0.5) is 0 Å². The molecule has 30 heavy (non-hydrogen) atoms. The second kappa shape index (κ2) is 10.5. The molecule has 2 atom stereocenters. The summed E-state index contributed by atoms with van der Waals surface area (Å²) in [6.45, 7) is 6.81. The van der Waals surface area contributed by atoms with Crippen LogP contribution in [0.2, 0.25) is 0 Å². The van der Waals surface area contributed by atoms with Gasteiger partial charge in [0, 0.05) is 22.5 Å². The Hall–Kier alpha value is -1.74. The lowest BCUT2D eigenvalue weighted by molar-refractivity contribution is -0.137. The molecule has 0 aliphatic carbocycles. The van der Waals surface area contributed by atoms with E-state index in [1.165, 1.54) is 52.8 Å². The molecule has 0 saturated heterocycles. The number of fused-ring (bicyclic) bond motifs is 1. The van der Waals surface area contributed by atoms with Crippen molar-refractivity contribution in [2.24, 2.45) is 0 Å². The number of benzene rings is 2. The van der Waals surface area contributed by atoms with E-state index < -0.39 is 5.97 Å². The normalized spacial score (nSPS) is 20.7. The first-order valence-corrected chi connectivity index (χ1v) is 12.4. The monoisotopic (exact) mass is 424 g/mol. The number of thioether (sulfide) groups is 1. The van der Waals surface area contributed by atoms with Gasteiger partial charge in [0.05, 0.1) is 0 Å². The van der Waals surface area contributed by atoms with Gasteiger partial charge < -0.3 is 5.11 Å². The zero-order chi connectivity index (χ0) is 21.6. The molecule has 0 bridgehead atoms. The van der Waals surface area contributed by atoms with Gasteiger partial charge in [-0.2, -0.15) is 0 Å². The highest BCUT2D eigenvalue weighted by atomic mass is 32.2. The summed E-state index contributed by atoms with van der Waals surface area (Å²) in [5.41, 5.74) is 5.82. The van der Waals surface area contributed by atoms with E-state index in [9.17, 15) is 4.79 Å². The molecule has 2 unspecified atom stereocenters. The fourth-order valence-corrected chi connectivity index (χ4v) is 6.22. The molecule has 1 heterocycles. The molecule has 0 aromatic heterocycles. The molecule has 0 amide bonds. The molecule has 2 aromatic carbocycles. The molecule has 3 heteroatoms. The van der Waals surface area contributed by atoms with E-state index in [2.05, 4.69) is 63.2 Å².